The number of nitriles is 2. The molecule has 198 valence electrons. The molecule has 1 aliphatic carbocycles. The molecular formula is C28H30N4O4S2. The van der Waals surface area contributed by atoms with Crippen LogP contribution in [0.4, 0.5) is 0 Å². The van der Waals surface area contributed by atoms with Crippen LogP contribution in [0.1, 0.15) is 50.7 Å². The van der Waals surface area contributed by atoms with E-state index in [4.69, 9.17) is 0 Å². The maximum absolute atomic E-state index is 13.5. The first-order chi connectivity index (χ1) is 18.1. The Labute approximate surface area is 224 Å². The average molecular weight is 551 g/mol. The zero-order valence-electron chi connectivity index (χ0n) is 21.5. The lowest BCUT2D eigenvalue weighted by Crippen LogP contribution is -2.37. The van der Waals surface area contributed by atoms with Crippen LogP contribution in [0, 0.1) is 34.5 Å². The molecule has 0 amide bonds. The standard InChI is InChI=1S/C28H30N4O4S2/c1-19-7-11-31(12-8-19)37(33,34)22-3-5-24-25-6-4-23(38(35,36)32-13-9-20(2)10-14-32)16-27(25)28(26(24)15-22)21(17-29)18-30/h3-6,15-16,19-20H,7-14H2,1-2H3. The van der Waals surface area contributed by atoms with Gasteiger partial charge < -0.3 is 0 Å². The van der Waals surface area contributed by atoms with E-state index in [0.29, 0.717) is 60.3 Å². The van der Waals surface area contributed by atoms with Crippen molar-refractivity contribution in [2.45, 2.75) is 49.3 Å². The minimum absolute atomic E-state index is 0.0987. The number of allylic oxidation sites excluding steroid dienone is 1. The number of fused-ring (bicyclic) bond motifs is 3. The molecule has 8 nitrogen and oxygen atoms in total. The van der Waals surface area contributed by atoms with Crippen molar-refractivity contribution in [2.24, 2.45) is 11.8 Å². The predicted molar refractivity (Wildman–Crippen MR) is 143 cm³/mol. The maximum Gasteiger partial charge on any atom is 0.243 e. The van der Waals surface area contributed by atoms with Gasteiger partial charge in [0.2, 0.25) is 20.0 Å². The molecule has 0 unspecified atom stereocenters. The molecule has 0 atom stereocenters. The Kier molecular flexibility index (Phi) is 6.95. The molecule has 0 spiro atoms. The van der Waals surface area contributed by atoms with Crippen LogP contribution in [0.5, 0.6) is 0 Å². The van der Waals surface area contributed by atoms with Crippen molar-refractivity contribution in [1.29, 1.82) is 10.5 Å². The van der Waals surface area contributed by atoms with Gasteiger partial charge in [0.1, 0.15) is 17.7 Å². The van der Waals surface area contributed by atoms with Gasteiger partial charge in [-0.3, -0.25) is 0 Å². The molecule has 0 saturated carbocycles. The molecule has 0 aromatic heterocycles. The Bertz CT molecular complexity index is 1500. The summed E-state index contributed by atoms with van der Waals surface area (Å²) in [6, 6.07) is 13.4. The van der Waals surface area contributed by atoms with E-state index in [-0.39, 0.29) is 20.9 Å². The fourth-order valence-corrected chi connectivity index (χ4v) is 8.54. The summed E-state index contributed by atoms with van der Waals surface area (Å²) in [5.74, 6) is 0.941. The molecule has 38 heavy (non-hydrogen) atoms. The molecule has 0 N–H and O–H groups in total. The number of rotatable bonds is 4. The maximum atomic E-state index is 13.5. The molecule has 2 saturated heterocycles. The van der Waals surface area contributed by atoms with E-state index in [0.717, 1.165) is 25.7 Å². The first kappa shape index (κ1) is 26.6. The van der Waals surface area contributed by atoms with Crippen LogP contribution in [0.25, 0.3) is 16.7 Å². The molecule has 2 heterocycles. The van der Waals surface area contributed by atoms with Gasteiger partial charge in [-0.05, 0) is 84.0 Å². The number of hydrogen-bond acceptors (Lipinski definition) is 6. The van der Waals surface area contributed by atoms with Gasteiger partial charge in [0.05, 0.1) is 9.79 Å². The molecule has 10 heteroatoms. The Balaban J connectivity index is 1.60. The Morgan fingerprint density at radius 2 is 1.05 bits per heavy atom. The van der Waals surface area contributed by atoms with Crippen molar-refractivity contribution in [3.05, 3.63) is 53.1 Å². The van der Waals surface area contributed by atoms with Crippen molar-refractivity contribution in [2.75, 3.05) is 26.2 Å². The molecule has 0 bridgehead atoms. The summed E-state index contributed by atoms with van der Waals surface area (Å²) in [5.41, 5.74) is 2.32. The van der Waals surface area contributed by atoms with E-state index in [1.165, 1.54) is 20.7 Å². The van der Waals surface area contributed by atoms with Crippen molar-refractivity contribution in [3.8, 4) is 23.3 Å². The van der Waals surface area contributed by atoms with Gasteiger partial charge in [0.25, 0.3) is 0 Å². The Hall–Kier alpha value is -3.02. The molecular weight excluding hydrogens is 520 g/mol. The van der Waals surface area contributed by atoms with E-state index in [1.807, 2.05) is 12.1 Å². The second-order valence-electron chi connectivity index (χ2n) is 10.6. The molecule has 3 aliphatic rings. The van der Waals surface area contributed by atoms with E-state index in [2.05, 4.69) is 13.8 Å². The van der Waals surface area contributed by atoms with Gasteiger partial charge in [-0.25, -0.2) is 16.8 Å². The third-order valence-electron chi connectivity index (χ3n) is 8.05. The second-order valence-corrected chi connectivity index (χ2v) is 14.4. The zero-order valence-corrected chi connectivity index (χ0v) is 23.1. The zero-order chi connectivity index (χ0) is 27.2. The van der Waals surface area contributed by atoms with Crippen LogP contribution in [-0.2, 0) is 20.0 Å². The smallest absolute Gasteiger partial charge is 0.207 e. The first-order valence-electron chi connectivity index (χ1n) is 12.9. The summed E-state index contributed by atoms with van der Waals surface area (Å²) in [5, 5.41) is 19.5. The number of nitrogens with zero attached hydrogens (tertiary/aromatic N) is 4. The Morgan fingerprint density at radius 1 is 0.684 bits per heavy atom. The normalized spacial score (nSPS) is 19.4. The van der Waals surface area contributed by atoms with Gasteiger partial charge >= 0.3 is 0 Å². The first-order valence-corrected chi connectivity index (χ1v) is 15.8. The third-order valence-corrected chi connectivity index (χ3v) is 11.8. The quantitative estimate of drug-likeness (QED) is 0.445. The summed E-state index contributed by atoms with van der Waals surface area (Å²) in [6.45, 7) is 6.00. The van der Waals surface area contributed by atoms with Crippen LogP contribution < -0.4 is 0 Å². The van der Waals surface area contributed by atoms with Crippen LogP contribution in [-0.4, -0.2) is 51.6 Å². The minimum Gasteiger partial charge on any atom is -0.207 e. The summed E-state index contributed by atoms with van der Waals surface area (Å²) < 4.78 is 56.8. The highest BCUT2D eigenvalue weighted by atomic mass is 32.2. The van der Waals surface area contributed by atoms with Gasteiger partial charge in [-0.15, -0.1) is 0 Å². The lowest BCUT2D eigenvalue weighted by atomic mass is 9.99. The van der Waals surface area contributed by atoms with Crippen molar-refractivity contribution >= 4 is 25.6 Å². The summed E-state index contributed by atoms with van der Waals surface area (Å²) in [4.78, 5) is 0.197. The average Bonchev–Trinajstić information content (AvgIpc) is 3.23. The number of benzene rings is 2. The van der Waals surface area contributed by atoms with E-state index >= 15 is 0 Å². The summed E-state index contributed by atoms with van der Waals surface area (Å²) in [7, 11) is -7.53. The van der Waals surface area contributed by atoms with Gasteiger partial charge in [-0.1, -0.05) is 26.0 Å². The van der Waals surface area contributed by atoms with E-state index in [1.54, 1.807) is 24.3 Å². The molecule has 0 radical (unpaired) electrons. The third kappa shape index (κ3) is 4.46. The van der Waals surface area contributed by atoms with Crippen LogP contribution in [0.2, 0.25) is 0 Å². The fraction of sp³-hybridized carbons (Fsp3) is 0.429. The number of hydrogen-bond donors (Lipinski definition) is 0. The molecule has 2 fully saturated rings. The minimum atomic E-state index is -3.77. The van der Waals surface area contributed by atoms with Crippen LogP contribution in [0.3, 0.4) is 0 Å². The Morgan fingerprint density at radius 3 is 1.39 bits per heavy atom. The lowest BCUT2D eigenvalue weighted by Gasteiger charge is -2.29. The molecule has 2 aliphatic heterocycles. The fourth-order valence-electron chi connectivity index (χ4n) is 5.55. The summed E-state index contributed by atoms with van der Waals surface area (Å²) >= 11 is 0. The number of sulfonamides is 2. The predicted octanol–water partition coefficient (Wildman–Crippen LogP) is 4.36. The lowest BCUT2D eigenvalue weighted by molar-refractivity contribution is 0.287. The molecule has 2 aromatic carbocycles. The van der Waals surface area contributed by atoms with Gasteiger partial charge in [-0.2, -0.15) is 19.1 Å². The highest BCUT2D eigenvalue weighted by molar-refractivity contribution is 7.89. The van der Waals surface area contributed by atoms with Crippen LogP contribution >= 0.6 is 0 Å². The van der Waals surface area contributed by atoms with Crippen molar-refractivity contribution in [1.82, 2.24) is 8.61 Å². The van der Waals surface area contributed by atoms with Gasteiger partial charge in [0.15, 0.2) is 0 Å². The highest BCUT2D eigenvalue weighted by Gasteiger charge is 2.34. The van der Waals surface area contributed by atoms with Crippen LogP contribution in [0.15, 0.2) is 51.8 Å². The largest absolute Gasteiger partial charge is 0.243 e. The second kappa shape index (κ2) is 9.94. The van der Waals surface area contributed by atoms with E-state index < -0.39 is 20.0 Å². The number of piperidine rings is 2. The van der Waals surface area contributed by atoms with Crippen molar-refractivity contribution in [3.63, 3.8) is 0 Å². The summed E-state index contributed by atoms with van der Waals surface area (Å²) in [6.07, 6.45) is 3.17. The SMILES string of the molecule is CC1CCN(S(=O)(=O)c2ccc3c(c2)C(=C(C#N)C#N)c2cc(S(=O)(=O)N4CCC(C)CC4)ccc2-3)CC1. The highest BCUT2D eigenvalue weighted by Crippen LogP contribution is 2.47. The topological polar surface area (TPSA) is 122 Å². The molecule has 5 rings (SSSR count). The van der Waals surface area contributed by atoms with E-state index in [9.17, 15) is 27.4 Å². The van der Waals surface area contributed by atoms with Crippen molar-refractivity contribution < 1.29 is 16.8 Å². The monoisotopic (exact) mass is 550 g/mol. The van der Waals surface area contributed by atoms with Gasteiger partial charge in [0, 0.05) is 31.8 Å². The molecule has 2 aromatic rings.